The molecule has 0 aliphatic rings. The van der Waals surface area contributed by atoms with Crippen molar-refractivity contribution in [3.05, 3.63) is 69.0 Å². The van der Waals surface area contributed by atoms with Crippen LogP contribution in [0.3, 0.4) is 0 Å². The highest BCUT2D eigenvalue weighted by molar-refractivity contribution is 6.33. The smallest absolute Gasteiger partial charge is 0.161 e. The molecule has 1 nitrogen and oxygen atoms in total. The van der Waals surface area contributed by atoms with Crippen molar-refractivity contribution in [2.75, 3.05) is 0 Å². The zero-order chi connectivity index (χ0) is 14.2. The van der Waals surface area contributed by atoms with Gasteiger partial charge in [0.25, 0.3) is 0 Å². The molecule has 2 aromatic rings. The molecule has 0 bridgehead atoms. The third-order valence-corrected chi connectivity index (χ3v) is 3.25. The topological polar surface area (TPSA) is 26.0 Å². The summed E-state index contributed by atoms with van der Waals surface area (Å²) in [5.41, 5.74) is 5.97. The number of nitrogens with two attached hydrogens (primary N) is 1. The molecule has 0 saturated heterocycles. The van der Waals surface area contributed by atoms with Crippen molar-refractivity contribution in [2.24, 2.45) is 5.73 Å². The minimum Gasteiger partial charge on any atom is -0.320 e. The summed E-state index contributed by atoms with van der Waals surface area (Å²) in [6.45, 7) is 0. The van der Waals surface area contributed by atoms with Gasteiger partial charge in [0, 0.05) is 21.7 Å². The highest BCUT2D eigenvalue weighted by Gasteiger charge is 2.19. The first-order chi connectivity index (χ1) is 8.90. The van der Waals surface area contributed by atoms with Crippen LogP contribution in [-0.2, 0) is 0 Å². The normalized spacial score (nSPS) is 12.5. The van der Waals surface area contributed by atoms with Gasteiger partial charge in [0.2, 0.25) is 0 Å². The zero-order valence-electron chi connectivity index (χ0n) is 9.43. The maximum absolute atomic E-state index is 13.6. The fraction of sp³-hybridized carbons (Fsp3) is 0.0769. The van der Waals surface area contributed by atoms with Gasteiger partial charge < -0.3 is 5.73 Å². The number of hydrogen-bond donors (Lipinski definition) is 1. The van der Waals surface area contributed by atoms with Gasteiger partial charge in [-0.15, -0.1) is 0 Å². The van der Waals surface area contributed by atoms with E-state index in [4.69, 9.17) is 28.9 Å². The first kappa shape index (κ1) is 14.2. The monoisotopic (exact) mass is 305 g/mol. The standard InChI is InChI=1S/C13H8Cl2F3N/c14-6-1-2-9(15)7(3-6)13(19)8-4-11(17)12(18)5-10(8)16/h1-5,13H,19H2. The van der Waals surface area contributed by atoms with Gasteiger partial charge in [-0.2, -0.15) is 0 Å². The molecule has 2 rings (SSSR count). The van der Waals surface area contributed by atoms with Gasteiger partial charge in [-0.3, -0.25) is 0 Å². The molecule has 0 radical (unpaired) electrons. The van der Waals surface area contributed by atoms with E-state index in [1.807, 2.05) is 0 Å². The minimum atomic E-state index is -1.27. The predicted octanol–water partition coefficient (Wildman–Crippen LogP) is 4.46. The molecule has 1 atom stereocenters. The van der Waals surface area contributed by atoms with E-state index in [1.54, 1.807) is 6.07 Å². The van der Waals surface area contributed by atoms with Crippen LogP contribution in [-0.4, -0.2) is 0 Å². The molecule has 19 heavy (non-hydrogen) atoms. The van der Waals surface area contributed by atoms with Gasteiger partial charge in [-0.25, -0.2) is 13.2 Å². The molecular weight excluding hydrogens is 298 g/mol. The summed E-state index contributed by atoms with van der Waals surface area (Å²) in [6.07, 6.45) is 0. The third kappa shape index (κ3) is 2.86. The van der Waals surface area contributed by atoms with E-state index in [9.17, 15) is 13.2 Å². The van der Waals surface area contributed by atoms with E-state index in [2.05, 4.69) is 0 Å². The van der Waals surface area contributed by atoms with Crippen LogP contribution in [0.2, 0.25) is 10.0 Å². The van der Waals surface area contributed by atoms with Gasteiger partial charge >= 0.3 is 0 Å². The first-order valence-corrected chi connectivity index (χ1v) is 6.00. The lowest BCUT2D eigenvalue weighted by Crippen LogP contribution is -2.15. The molecule has 0 heterocycles. The Morgan fingerprint density at radius 2 is 1.47 bits per heavy atom. The predicted molar refractivity (Wildman–Crippen MR) is 68.8 cm³/mol. The summed E-state index contributed by atoms with van der Waals surface area (Å²) in [5, 5.41) is 0.624. The number of halogens is 5. The number of hydrogen-bond acceptors (Lipinski definition) is 1. The Morgan fingerprint density at radius 1 is 0.842 bits per heavy atom. The van der Waals surface area contributed by atoms with E-state index >= 15 is 0 Å². The maximum Gasteiger partial charge on any atom is 0.161 e. The minimum absolute atomic E-state index is 0.192. The van der Waals surface area contributed by atoms with Crippen LogP contribution in [0.4, 0.5) is 13.2 Å². The highest BCUT2D eigenvalue weighted by atomic mass is 35.5. The van der Waals surface area contributed by atoms with Crippen LogP contribution in [0, 0.1) is 17.5 Å². The van der Waals surface area contributed by atoms with E-state index in [0.717, 1.165) is 0 Å². The summed E-state index contributed by atoms with van der Waals surface area (Å²) in [6, 6.07) is 4.62. The fourth-order valence-corrected chi connectivity index (χ4v) is 2.11. The van der Waals surface area contributed by atoms with Crippen LogP contribution in [0.15, 0.2) is 30.3 Å². The van der Waals surface area contributed by atoms with Gasteiger partial charge in [0.15, 0.2) is 11.6 Å². The molecule has 2 N–H and O–H groups in total. The Balaban J connectivity index is 2.52. The third-order valence-electron chi connectivity index (χ3n) is 2.67. The summed E-state index contributed by atoms with van der Waals surface area (Å²) < 4.78 is 39.7. The second kappa shape index (κ2) is 5.41. The van der Waals surface area contributed by atoms with Gasteiger partial charge in [0.1, 0.15) is 5.82 Å². The molecule has 0 amide bonds. The van der Waals surface area contributed by atoms with Crippen LogP contribution in [0.1, 0.15) is 17.2 Å². The summed E-state index contributed by atoms with van der Waals surface area (Å²) in [7, 11) is 0. The lowest BCUT2D eigenvalue weighted by Gasteiger charge is -2.15. The Hall–Kier alpha value is -1.23. The summed E-state index contributed by atoms with van der Waals surface area (Å²) >= 11 is 11.7. The molecule has 6 heteroatoms. The molecule has 0 aliphatic heterocycles. The lowest BCUT2D eigenvalue weighted by atomic mass is 9.99. The Morgan fingerprint density at radius 3 is 2.16 bits per heavy atom. The summed E-state index contributed by atoms with van der Waals surface area (Å²) in [5.74, 6) is -3.39. The quantitative estimate of drug-likeness (QED) is 0.815. The molecular formula is C13H8Cl2F3N. The van der Waals surface area contributed by atoms with Gasteiger partial charge in [-0.05, 0) is 29.8 Å². The van der Waals surface area contributed by atoms with Crippen LogP contribution >= 0.6 is 23.2 Å². The second-order valence-corrected chi connectivity index (χ2v) is 4.77. The van der Waals surface area contributed by atoms with Crippen molar-refractivity contribution in [3.63, 3.8) is 0 Å². The van der Waals surface area contributed by atoms with E-state index in [0.29, 0.717) is 22.7 Å². The molecule has 2 aromatic carbocycles. The highest BCUT2D eigenvalue weighted by Crippen LogP contribution is 2.31. The number of benzene rings is 2. The molecule has 0 spiro atoms. The van der Waals surface area contributed by atoms with E-state index in [1.165, 1.54) is 12.1 Å². The van der Waals surface area contributed by atoms with Crippen LogP contribution < -0.4 is 5.73 Å². The molecule has 0 fully saturated rings. The lowest BCUT2D eigenvalue weighted by molar-refractivity contribution is 0.487. The molecule has 0 aliphatic carbocycles. The maximum atomic E-state index is 13.6. The first-order valence-electron chi connectivity index (χ1n) is 5.25. The van der Waals surface area contributed by atoms with Gasteiger partial charge in [0.05, 0.1) is 6.04 Å². The van der Waals surface area contributed by atoms with E-state index < -0.39 is 23.5 Å². The SMILES string of the molecule is NC(c1cc(F)c(F)cc1F)c1cc(Cl)ccc1Cl. The Labute approximate surface area is 117 Å². The number of rotatable bonds is 2. The van der Waals surface area contributed by atoms with Crippen molar-refractivity contribution >= 4 is 23.2 Å². The van der Waals surface area contributed by atoms with Crippen molar-refractivity contribution < 1.29 is 13.2 Å². The average molecular weight is 306 g/mol. The summed E-state index contributed by atoms with van der Waals surface area (Å²) in [4.78, 5) is 0. The molecule has 100 valence electrons. The molecule has 0 saturated carbocycles. The van der Waals surface area contributed by atoms with Gasteiger partial charge in [-0.1, -0.05) is 23.2 Å². The largest absolute Gasteiger partial charge is 0.320 e. The second-order valence-electron chi connectivity index (χ2n) is 3.93. The van der Waals surface area contributed by atoms with Crippen LogP contribution in [0.25, 0.3) is 0 Å². The Kier molecular flexibility index (Phi) is 4.04. The Bertz CT molecular complexity index is 632. The van der Waals surface area contributed by atoms with Crippen molar-refractivity contribution in [1.82, 2.24) is 0 Å². The van der Waals surface area contributed by atoms with Crippen molar-refractivity contribution in [2.45, 2.75) is 6.04 Å². The fourth-order valence-electron chi connectivity index (χ4n) is 1.70. The van der Waals surface area contributed by atoms with E-state index in [-0.39, 0.29) is 10.6 Å². The average Bonchev–Trinajstić information content (AvgIpc) is 2.36. The van der Waals surface area contributed by atoms with Crippen LogP contribution in [0.5, 0.6) is 0 Å². The molecule has 1 unspecified atom stereocenters. The molecule has 0 aromatic heterocycles. The van der Waals surface area contributed by atoms with Crippen molar-refractivity contribution in [1.29, 1.82) is 0 Å². The zero-order valence-corrected chi connectivity index (χ0v) is 10.9. The van der Waals surface area contributed by atoms with Crippen molar-refractivity contribution in [3.8, 4) is 0 Å².